The Labute approximate surface area is 194 Å². The van der Waals surface area contributed by atoms with E-state index in [-0.39, 0.29) is 16.4 Å². The van der Waals surface area contributed by atoms with Gasteiger partial charge >= 0.3 is 0 Å². The molecule has 0 atom stereocenters. The van der Waals surface area contributed by atoms with E-state index >= 15 is 0 Å². The van der Waals surface area contributed by atoms with Crippen molar-refractivity contribution in [2.45, 2.75) is 51.0 Å². The Balaban J connectivity index is 1.60. The lowest BCUT2D eigenvalue weighted by atomic mass is 10.1. The number of benzene rings is 2. The summed E-state index contributed by atoms with van der Waals surface area (Å²) in [6.07, 6.45) is 4.00. The van der Waals surface area contributed by atoms with Gasteiger partial charge in [-0.05, 0) is 74.7 Å². The van der Waals surface area contributed by atoms with Gasteiger partial charge in [-0.25, -0.2) is 18.1 Å². The maximum atomic E-state index is 13.0. The highest BCUT2D eigenvalue weighted by molar-refractivity contribution is 7.89. The van der Waals surface area contributed by atoms with E-state index < -0.39 is 10.0 Å². The number of sulfonamides is 1. The highest BCUT2D eigenvalue weighted by atomic mass is 32.2. The van der Waals surface area contributed by atoms with Crippen molar-refractivity contribution in [3.05, 3.63) is 70.3 Å². The van der Waals surface area contributed by atoms with Gasteiger partial charge in [0, 0.05) is 29.1 Å². The number of anilines is 2. The first-order valence-corrected chi connectivity index (χ1v) is 12.6. The van der Waals surface area contributed by atoms with Crippen LogP contribution >= 0.6 is 0 Å². The molecule has 174 valence electrons. The fourth-order valence-electron chi connectivity index (χ4n) is 4.05. The zero-order valence-electron chi connectivity index (χ0n) is 19.1. The Morgan fingerprint density at radius 2 is 1.88 bits per heavy atom. The number of fused-ring (bicyclic) bond motifs is 1. The lowest BCUT2D eigenvalue weighted by Crippen LogP contribution is -2.20. The predicted molar refractivity (Wildman–Crippen MR) is 129 cm³/mol. The Morgan fingerprint density at radius 3 is 2.61 bits per heavy atom. The Morgan fingerprint density at radius 1 is 1.09 bits per heavy atom. The SMILES string of the molecule is CCc1nc(CNc2cc(C(=O)Nc3ccc4c(c3)CCC4)cc(S(=O)(=O)NC)c2)c(C)[nH]1. The summed E-state index contributed by atoms with van der Waals surface area (Å²) in [7, 11) is -2.39. The van der Waals surface area contributed by atoms with Gasteiger partial charge in [0.1, 0.15) is 5.82 Å². The van der Waals surface area contributed by atoms with Crippen LogP contribution in [0.25, 0.3) is 0 Å². The number of rotatable bonds is 8. The lowest BCUT2D eigenvalue weighted by Gasteiger charge is -2.13. The molecule has 0 unspecified atom stereocenters. The molecule has 1 aromatic heterocycles. The summed E-state index contributed by atoms with van der Waals surface area (Å²) in [6.45, 7) is 4.37. The first kappa shape index (κ1) is 23.0. The van der Waals surface area contributed by atoms with Gasteiger partial charge in [0.25, 0.3) is 5.91 Å². The highest BCUT2D eigenvalue weighted by Crippen LogP contribution is 2.26. The van der Waals surface area contributed by atoms with Crippen LogP contribution < -0.4 is 15.4 Å². The molecule has 4 rings (SSSR count). The number of imidazole rings is 1. The number of aromatic nitrogens is 2. The first-order chi connectivity index (χ1) is 15.8. The number of nitrogens with one attached hydrogen (secondary N) is 4. The number of hydrogen-bond donors (Lipinski definition) is 4. The molecule has 0 radical (unpaired) electrons. The van der Waals surface area contributed by atoms with E-state index in [1.54, 1.807) is 6.07 Å². The number of aryl methyl sites for hydroxylation is 4. The molecule has 1 heterocycles. The molecule has 33 heavy (non-hydrogen) atoms. The average molecular weight is 468 g/mol. The molecular formula is C24H29N5O3S. The number of carbonyl (C=O) groups is 1. The summed E-state index contributed by atoms with van der Waals surface area (Å²) in [6, 6.07) is 10.5. The van der Waals surface area contributed by atoms with Crippen molar-refractivity contribution in [2.24, 2.45) is 0 Å². The van der Waals surface area contributed by atoms with E-state index in [1.165, 1.54) is 30.3 Å². The molecule has 4 N–H and O–H groups in total. The van der Waals surface area contributed by atoms with Gasteiger partial charge in [0.2, 0.25) is 10.0 Å². The molecule has 0 aliphatic heterocycles. The second-order valence-corrected chi connectivity index (χ2v) is 10.1. The van der Waals surface area contributed by atoms with Gasteiger partial charge < -0.3 is 15.6 Å². The van der Waals surface area contributed by atoms with Crippen molar-refractivity contribution in [3.63, 3.8) is 0 Å². The molecule has 9 heteroatoms. The molecule has 3 aromatic rings. The minimum atomic E-state index is -3.74. The number of nitrogens with zero attached hydrogens (tertiary/aromatic N) is 1. The standard InChI is InChI=1S/C24H29N5O3S/c1-4-23-27-15(2)22(29-23)14-26-20-11-18(12-21(13-20)33(31,32)25-3)24(30)28-19-9-8-16-6-5-7-17(16)10-19/h8-13,25-26H,4-7,14H2,1-3H3,(H,27,29)(H,28,30). The largest absolute Gasteiger partial charge is 0.379 e. The Hall–Kier alpha value is -3.17. The number of carbonyl (C=O) groups excluding carboxylic acids is 1. The summed E-state index contributed by atoms with van der Waals surface area (Å²) in [5.74, 6) is 0.526. The van der Waals surface area contributed by atoms with E-state index in [9.17, 15) is 13.2 Å². The van der Waals surface area contributed by atoms with Crippen LogP contribution in [0.5, 0.6) is 0 Å². The van der Waals surface area contributed by atoms with Crippen LogP contribution in [0, 0.1) is 6.92 Å². The average Bonchev–Trinajstić information content (AvgIpc) is 3.43. The predicted octanol–water partition coefficient (Wildman–Crippen LogP) is 3.54. The quantitative estimate of drug-likeness (QED) is 0.404. The van der Waals surface area contributed by atoms with Gasteiger partial charge in [-0.1, -0.05) is 13.0 Å². The molecule has 2 aromatic carbocycles. The van der Waals surface area contributed by atoms with E-state index in [2.05, 4.69) is 25.3 Å². The molecule has 1 aliphatic carbocycles. The zero-order chi connectivity index (χ0) is 23.6. The van der Waals surface area contributed by atoms with E-state index in [0.717, 1.165) is 42.9 Å². The minimum Gasteiger partial charge on any atom is -0.379 e. The third-order valence-corrected chi connectivity index (χ3v) is 7.33. The molecule has 0 fully saturated rings. The van der Waals surface area contributed by atoms with Gasteiger partial charge in [-0.3, -0.25) is 4.79 Å². The van der Waals surface area contributed by atoms with E-state index in [0.29, 0.717) is 17.9 Å². The molecule has 0 bridgehead atoms. The van der Waals surface area contributed by atoms with Crippen molar-refractivity contribution in [3.8, 4) is 0 Å². The Bertz CT molecular complexity index is 1300. The van der Waals surface area contributed by atoms with Gasteiger partial charge in [0.15, 0.2) is 0 Å². The molecule has 0 spiro atoms. The zero-order valence-corrected chi connectivity index (χ0v) is 19.9. The van der Waals surface area contributed by atoms with Crippen LogP contribution in [0.3, 0.4) is 0 Å². The molecule has 1 amide bonds. The molecule has 1 aliphatic rings. The van der Waals surface area contributed by atoms with Crippen molar-refractivity contribution >= 4 is 27.3 Å². The van der Waals surface area contributed by atoms with Crippen molar-refractivity contribution in [1.82, 2.24) is 14.7 Å². The van der Waals surface area contributed by atoms with Crippen LogP contribution in [0.15, 0.2) is 41.3 Å². The summed E-state index contributed by atoms with van der Waals surface area (Å²) in [5, 5.41) is 6.12. The van der Waals surface area contributed by atoms with Crippen LogP contribution in [0.2, 0.25) is 0 Å². The topological polar surface area (TPSA) is 116 Å². The summed E-state index contributed by atoms with van der Waals surface area (Å²) >= 11 is 0. The summed E-state index contributed by atoms with van der Waals surface area (Å²) in [5.41, 5.74) is 5.85. The van der Waals surface area contributed by atoms with Gasteiger partial charge in [0.05, 0.1) is 17.1 Å². The van der Waals surface area contributed by atoms with Crippen molar-refractivity contribution in [1.29, 1.82) is 0 Å². The smallest absolute Gasteiger partial charge is 0.255 e. The number of amides is 1. The van der Waals surface area contributed by atoms with E-state index in [4.69, 9.17) is 0 Å². The molecule has 8 nitrogen and oxygen atoms in total. The number of H-pyrrole nitrogens is 1. The summed E-state index contributed by atoms with van der Waals surface area (Å²) in [4.78, 5) is 20.8. The minimum absolute atomic E-state index is 0.0158. The maximum Gasteiger partial charge on any atom is 0.255 e. The van der Waals surface area contributed by atoms with Crippen molar-refractivity contribution < 1.29 is 13.2 Å². The number of aromatic amines is 1. The third-order valence-electron chi connectivity index (χ3n) is 5.93. The summed E-state index contributed by atoms with van der Waals surface area (Å²) < 4.78 is 27.3. The van der Waals surface area contributed by atoms with E-state index in [1.807, 2.05) is 32.0 Å². The molecular weight excluding hydrogens is 438 g/mol. The van der Waals surface area contributed by atoms with Crippen LogP contribution in [-0.4, -0.2) is 31.3 Å². The third kappa shape index (κ3) is 5.09. The van der Waals surface area contributed by atoms with Crippen LogP contribution in [0.1, 0.15) is 52.0 Å². The maximum absolute atomic E-state index is 13.0. The normalized spacial score (nSPS) is 13.1. The fraction of sp³-hybridized carbons (Fsp3) is 0.333. The van der Waals surface area contributed by atoms with Gasteiger partial charge in [-0.15, -0.1) is 0 Å². The second kappa shape index (κ2) is 9.36. The first-order valence-electron chi connectivity index (χ1n) is 11.1. The number of hydrogen-bond acceptors (Lipinski definition) is 5. The Kier molecular flexibility index (Phi) is 6.53. The van der Waals surface area contributed by atoms with Crippen molar-refractivity contribution in [2.75, 3.05) is 17.7 Å². The van der Waals surface area contributed by atoms with Crippen LogP contribution in [-0.2, 0) is 35.8 Å². The molecule has 0 saturated carbocycles. The molecule has 0 saturated heterocycles. The lowest BCUT2D eigenvalue weighted by molar-refractivity contribution is 0.102. The van der Waals surface area contributed by atoms with Crippen LogP contribution in [0.4, 0.5) is 11.4 Å². The fourth-order valence-corrected chi connectivity index (χ4v) is 4.85. The second-order valence-electron chi connectivity index (χ2n) is 8.21. The van der Waals surface area contributed by atoms with Gasteiger partial charge in [-0.2, -0.15) is 0 Å². The monoisotopic (exact) mass is 467 g/mol. The highest BCUT2D eigenvalue weighted by Gasteiger charge is 2.18.